The lowest BCUT2D eigenvalue weighted by Gasteiger charge is -2.37. The molecule has 3 heterocycles. The number of likely N-dealkylation sites (tertiary alicyclic amines) is 1. The van der Waals surface area contributed by atoms with Gasteiger partial charge in [-0.2, -0.15) is 0 Å². The Morgan fingerprint density at radius 1 is 1.50 bits per heavy atom. The number of imidazole rings is 1. The molecule has 22 heavy (non-hydrogen) atoms. The van der Waals surface area contributed by atoms with Crippen LogP contribution in [-0.2, 0) is 9.59 Å². The first-order valence-electron chi connectivity index (χ1n) is 7.50. The predicted octanol–water partition coefficient (Wildman–Crippen LogP) is -0.0875. The number of hydrogen-bond donors (Lipinski definition) is 3. The molecule has 1 spiro atoms. The Morgan fingerprint density at radius 3 is 2.86 bits per heavy atom. The van der Waals surface area contributed by atoms with Crippen LogP contribution < -0.4 is 5.32 Å². The van der Waals surface area contributed by atoms with E-state index in [1.54, 1.807) is 23.5 Å². The molecule has 7 nitrogen and oxygen atoms in total. The largest absolute Gasteiger partial charge is 0.394 e. The average molecular weight is 304 g/mol. The fourth-order valence-electron chi connectivity index (χ4n) is 3.27. The topological polar surface area (TPSA) is 98.3 Å². The number of aromatic nitrogens is 2. The van der Waals surface area contributed by atoms with Crippen LogP contribution in [0.1, 0.15) is 25.0 Å². The lowest BCUT2D eigenvalue weighted by molar-refractivity contribution is -0.135. The van der Waals surface area contributed by atoms with Crippen LogP contribution in [0.25, 0.3) is 6.08 Å². The molecule has 0 aliphatic carbocycles. The van der Waals surface area contributed by atoms with Crippen molar-refractivity contribution in [1.29, 1.82) is 0 Å². The summed E-state index contributed by atoms with van der Waals surface area (Å²) in [6.07, 6.45) is 8.39. The number of aromatic amines is 1. The molecule has 2 aliphatic heterocycles. The summed E-state index contributed by atoms with van der Waals surface area (Å²) in [5, 5.41) is 12.0. The van der Waals surface area contributed by atoms with Gasteiger partial charge in [-0.1, -0.05) is 0 Å². The molecule has 3 N–H and O–H groups in total. The third-order valence-electron chi connectivity index (χ3n) is 4.63. The van der Waals surface area contributed by atoms with Crippen molar-refractivity contribution in [2.24, 2.45) is 5.41 Å². The monoisotopic (exact) mass is 304 g/mol. The maximum absolute atomic E-state index is 12.2. The first-order chi connectivity index (χ1) is 10.6. The Balaban J connectivity index is 1.57. The van der Waals surface area contributed by atoms with Crippen molar-refractivity contribution < 1.29 is 14.7 Å². The number of amides is 2. The lowest BCUT2D eigenvalue weighted by atomic mass is 9.76. The molecule has 0 bridgehead atoms. The summed E-state index contributed by atoms with van der Waals surface area (Å²) in [6, 6.07) is -0.143. The highest BCUT2D eigenvalue weighted by Crippen LogP contribution is 2.40. The second-order valence-corrected chi connectivity index (χ2v) is 6.00. The number of nitrogens with one attached hydrogen (secondary N) is 2. The zero-order chi connectivity index (χ0) is 15.6. The molecule has 3 rings (SSSR count). The van der Waals surface area contributed by atoms with Crippen LogP contribution in [0, 0.1) is 5.41 Å². The second kappa shape index (κ2) is 5.92. The molecule has 2 saturated heterocycles. The lowest BCUT2D eigenvalue weighted by Crippen LogP contribution is -2.45. The standard InChI is InChI=1S/C15H20N4O3/c20-9-12-7-15(14(22)18-12)3-5-19(6-4-15)13(21)2-1-11-8-16-10-17-11/h1-2,8,10,12,20H,3-7,9H2,(H,16,17)(H,18,22)/b2-1+/t12-/m0/s1. The molecule has 1 aromatic rings. The first-order valence-corrected chi connectivity index (χ1v) is 7.50. The van der Waals surface area contributed by atoms with Crippen LogP contribution in [0.15, 0.2) is 18.6 Å². The molecule has 0 radical (unpaired) electrons. The molecule has 1 atom stereocenters. The van der Waals surface area contributed by atoms with Gasteiger partial charge in [-0.25, -0.2) is 4.98 Å². The Labute approximate surface area is 128 Å². The van der Waals surface area contributed by atoms with Gasteiger partial charge < -0.3 is 20.3 Å². The number of aliphatic hydroxyl groups is 1. The number of rotatable bonds is 3. The van der Waals surface area contributed by atoms with Gasteiger partial charge in [0, 0.05) is 19.2 Å². The first kappa shape index (κ1) is 14.8. The van der Waals surface area contributed by atoms with Crippen molar-refractivity contribution >= 4 is 17.9 Å². The molecule has 2 aliphatic rings. The Hall–Kier alpha value is -2.15. The summed E-state index contributed by atoms with van der Waals surface area (Å²) in [6.45, 7) is 1.11. The van der Waals surface area contributed by atoms with E-state index in [1.165, 1.54) is 6.08 Å². The molecule has 2 amide bonds. The Morgan fingerprint density at radius 2 is 2.27 bits per heavy atom. The summed E-state index contributed by atoms with van der Waals surface area (Å²) in [4.78, 5) is 32.8. The van der Waals surface area contributed by atoms with Crippen LogP contribution >= 0.6 is 0 Å². The maximum atomic E-state index is 12.2. The normalized spacial score (nSPS) is 24.1. The SMILES string of the molecule is O=C(/C=C/c1cnc[nH]1)N1CCC2(CC1)C[C@@H](CO)NC2=O. The summed E-state index contributed by atoms with van der Waals surface area (Å²) in [5.74, 6) is -0.0341. The molecule has 0 unspecified atom stereocenters. The zero-order valence-electron chi connectivity index (χ0n) is 12.3. The van der Waals surface area contributed by atoms with Crippen LogP contribution in [0.3, 0.4) is 0 Å². The average Bonchev–Trinajstić information content (AvgIpc) is 3.15. The predicted molar refractivity (Wildman–Crippen MR) is 79.5 cm³/mol. The number of carbonyl (C=O) groups excluding carboxylic acids is 2. The van der Waals surface area contributed by atoms with Crippen LogP contribution in [0.4, 0.5) is 0 Å². The number of aliphatic hydroxyl groups excluding tert-OH is 1. The zero-order valence-corrected chi connectivity index (χ0v) is 12.3. The van der Waals surface area contributed by atoms with Gasteiger partial charge in [-0.3, -0.25) is 9.59 Å². The number of piperidine rings is 1. The molecular weight excluding hydrogens is 284 g/mol. The second-order valence-electron chi connectivity index (χ2n) is 6.00. The van der Waals surface area contributed by atoms with Crippen molar-refractivity contribution in [2.75, 3.05) is 19.7 Å². The highest BCUT2D eigenvalue weighted by Gasteiger charge is 2.48. The number of H-pyrrole nitrogens is 1. The fourth-order valence-corrected chi connectivity index (χ4v) is 3.27. The number of hydrogen-bond acceptors (Lipinski definition) is 4. The van der Waals surface area contributed by atoms with E-state index in [4.69, 9.17) is 0 Å². The fraction of sp³-hybridized carbons (Fsp3) is 0.533. The van der Waals surface area contributed by atoms with E-state index in [9.17, 15) is 14.7 Å². The molecule has 0 aromatic carbocycles. The van der Waals surface area contributed by atoms with E-state index in [0.29, 0.717) is 32.4 Å². The van der Waals surface area contributed by atoms with Crippen molar-refractivity contribution in [1.82, 2.24) is 20.2 Å². The minimum atomic E-state index is -0.405. The molecule has 1 aromatic heterocycles. The molecule has 7 heteroatoms. The van der Waals surface area contributed by atoms with Gasteiger partial charge in [0.2, 0.25) is 11.8 Å². The summed E-state index contributed by atoms with van der Waals surface area (Å²) < 4.78 is 0. The van der Waals surface area contributed by atoms with Gasteiger partial charge in [0.1, 0.15) is 0 Å². The van der Waals surface area contributed by atoms with Crippen molar-refractivity contribution in [3.05, 3.63) is 24.3 Å². The minimum Gasteiger partial charge on any atom is -0.394 e. The minimum absolute atomic E-state index is 0.0200. The van der Waals surface area contributed by atoms with Crippen molar-refractivity contribution in [2.45, 2.75) is 25.3 Å². The van der Waals surface area contributed by atoms with Gasteiger partial charge in [0.15, 0.2) is 0 Å². The van der Waals surface area contributed by atoms with Gasteiger partial charge in [0.05, 0.1) is 36.3 Å². The van der Waals surface area contributed by atoms with E-state index >= 15 is 0 Å². The third-order valence-corrected chi connectivity index (χ3v) is 4.63. The number of carbonyl (C=O) groups is 2. The van der Waals surface area contributed by atoms with Crippen molar-refractivity contribution in [3.63, 3.8) is 0 Å². The highest BCUT2D eigenvalue weighted by molar-refractivity contribution is 5.92. The molecule has 2 fully saturated rings. The van der Waals surface area contributed by atoms with E-state index in [2.05, 4.69) is 15.3 Å². The van der Waals surface area contributed by atoms with Gasteiger partial charge >= 0.3 is 0 Å². The van der Waals surface area contributed by atoms with Gasteiger partial charge in [-0.15, -0.1) is 0 Å². The summed E-state index contributed by atoms with van der Waals surface area (Å²) in [7, 11) is 0. The highest BCUT2D eigenvalue weighted by atomic mass is 16.3. The molecule has 118 valence electrons. The van der Waals surface area contributed by atoms with Crippen molar-refractivity contribution in [3.8, 4) is 0 Å². The molecule has 0 saturated carbocycles. The quantitative estimate of drug-likeness (QED) is 0.680. The maximum Gasteiger partial charge on any atom is 0.246 e. The third kappa shape index (κ3) is 2.76. The van der Waals surface area contributed by atoms with E-state index in [0.717, 1.165) is 5.69 Å². The van der Waals surface area contributed by atoms with Gasteiger partial charge in [-0.05, 0) is 25.3 Å². The summed E-state index contributed by atoms with van der Waals surface area (Å²) in [5.41, 5.74) is 0.375. The van der Waals surface area contributed by atoms with Gasteiger partial charge in [0.25, 0.3) is 0 Å². The smallest absolute Gasteiger partial charge is 0.246 e. The molecular formula is C15H20N4O3. The Kier molecular flexibility index (Phi) is 3.98. The van der Waals surface area contributed by atoms with E-state index in [-0.39, 0.29) is 24.5 Å². The van der Waals surface area contributed by atoms with Crippen LogP contribution in [-0.4, -0.2) is 57.5 Å². The van der Waals surface area contributed by atoms with Crippen LogP contribution in [0.2, 0.25) is 0 Å². The van der Waals surface area contributed by atoms with E-state index < -0.39 is 5.41 Å². The van der Waals surface area contributed by atoms with E-state index in [1.807, 2.05) is 0 Å². The number of nitrogens with zero attached hydrogens (tertiary/aromatic N) is 2. The summed E-state index contributed by atoms with van der Waals surface area (Å²) >= 11 is 0. The Bertz CT molecular complexity index is 574. The van der Waals surface area contributed by atoms with Crippen LogP contribution in [0.5, 0.6) is 0 Å².